The summed E-state index contributed by atoms with van der Waals surface area (Å²) >= 11 is 0. The van der Waals surface area contributed by atoms with Gasteiger partial charge in [-0.05, 0) is 47.6 Å². The number of benzene rings is 2. The van der Waals surface area contributed by atoms with E-state index in [2.05, 4.69) is 96.8 Å². The number of aryl methyl sites for hydroxylation is 1. The fourth-order valence-corrected chi connectivity index (χ4v) is 3.02. The van der Waals surface area contributed by atoms with Crippen LogP contribution in [0.1, 0.15) is 63.8 Å². The van der Waals surface area contributed by atoms with Gasteiger partial charge in [0, 0.05) is 22.5 Å². The predicted molar refractivity (Wildman–Crippen MR) is 114 cm³/mol. The van der Waals surface area contributed by atoms with Crippen LogP contribution in [0.15, 0.2) is 43.0 Å². The third-order valence-corrected chi connectivity index (χ3v) is 4.60. The second-order valence-corrected chi connectivity index (χ2v) is 9.07. The Hall–Kier alpha value is -2.22. The van der Waals surface area contributed by atoms with Crippen molar-refractivity contribution >= 4 is 11.4 Å². The molecule has 2 aromatic carbocycles. The summed E-state index contributed by atoms with van der Waals surface area (Å²) in [4.78, 5) is 0. The maximum Gasteiger partial charge on any atom is 0.126 e. The lowest BCUT2D eigenvalue weighted by molar-refractivity contribution is 0.381. The first-order valence-electron chi connectivity index (χ1n) is 9.19. The first-order chi connectivity index (χ1) is 11.9. The Morgan fingerprint density at radius 3 is 1.73 bits per heavy atom. The highest BCUT2D eigenvalue weighted by Gasteiger charge is 2.27. The van der Waals surface area contributed by atoms with Crippen molar-refractivity contribution in [2.45, 2.75) is 59.3 Å². The van der Waals surface area contributed by atoms with Crippen molar-refractivity contribution in [3.05, 3.63) is 65.2 Å². The van der Waals surface area contributed by atoms with Crippen molar-refractivity contribution in [2.24, 2.45) is 0 Å². The smallest absolute Gasteiger partial charge is 0.126 e. The molecule has 0 bridgehead atoms. The molecule has 0 fully saturated rings. The molecule has 0 heterocycles. The molecule has 0 aliphatic rings. The van der Waals surface area contributed by atoms with E-state index in [4.69, 9.17) is 4.74 Å². The van der Waals surface area contributed by atoms with Crippen LogP contribution in [0.4, 0.5) is 5.69 Å². The SMILES string of the molecule is C=C(Nc1ccc(C)cc1)c1cc(C(C)(C)C)c(OC)c(C(C)(C)C)c1. The minimum Gasteiger partial charge on any atom is -0.496 e. The average molecular weight is 352 g/mol. The Morgan fingerprint density at radius 2 is 1.35 bits per heavy atom. The van der Waals surface area contributed by atoms with Gasteiger partial charge in [0.2, 0.25) is 0 Å². The van der Waals surface area contributed by atoms with Crippen molar-refractivity contribution in [2.75, 3.05) is 12.4 Å². The zero-order valence-electron chi connectivity index (χ0n) is 17.6. The molecule has 0 atom stereocenters. The summed E-state index contributed by atoms with van der Waals surface area (Å²) in [5, 5.41) is 3.44. The molecule has 140 valence electrons. The first kappa shape index (κ1) is 20.1. The molecule has 26 heavy (non-hydrogen) atoms. The van der Waals surface area contributed by atoms with Crippen LogP contribution in [0.2, 0.25) is 0 Å². The average Bonchev–Trinajstić information content (AvgIpc) is 2.54. The highest BCUT2D eigenvalue weighted by Crippen LogP contribution is 2.41. The van der Waals surface area contributed by atoms with Crippen molar-refractivity contribution in [3.63, 3.8) is 0 Å². The highest BCUT2D eigenvalue weighted by atomic mass is 16.5. The molecule has 2 nitrogen and oxygen atoms in total. The first-order valence-corrected chi connectivity index (χ1v) is 9.19. The van der Waals surface area contributed by atoms with Gasteiger partial charge in [-0.15, -0.1) is 0 Å². The number of hydrogen-bond acceptors (Lipinski definition) is 2. The van der Waals surface area contributed by atoms with Crippen LogP contribution in [0.3, 0.4) is 0 Å². The third-order valence-electron chi connectivity index (χ3n) is 4.60. The molecular formula is C24H33NO. The van der Waals surface area contributed by atoms with Gasteiger partial charge in [0.25, 0.3) is 0 Å². The topological polar surface area (TPSA) is 21.3 Å². The van der Waals surface area contributed by atoms with Crippen LogP contribution in [-0.4, -0.2) is 7.11 Å². The summed E-state index contributed by atoms with van der Waals surface area (Å²) in [6.07, 6.45) is 0. The summed E-state index contributed by atoms with van der Waals surface area (Å²) in [5.74, 6) is 0.983. The van der Waals surface area contributed by atoms with Gasteiger partial charge >= 0.3 is 0 Å². The number of ether oxygens (including phenoxy) is 1. The minimum absolute atomic E-state index is 0.0223. The van der Waals surface area contributed by atoms with Crippen molar-refractivity contribution in [1.29, 1.82) is 0 Å². The molecule has 0 radical (unpaired) electrons. The van der Waals surface area contributed by atoms with E-state index < -0.39 is 0 Å². The Morgan fingerprint density at radius 1 is 0.885 bits per heavy atom. The normalized spacial score (nSPS) is 12.0. The van der Waals surface area contributed by atoms with Crippen molar-refractivity contribution < 1.29 is 4.74 Å². The van der Waals surface area contributed by atoms with Crippen molar-refractivity contribution in [3.8, 4) is 5.75 Å². The molecule has 0 amide bonds. The van der Waals surface area contributed by atoms with E-state index in [1.165, 1.54) is 16.7 Å². The molecule has 0 unspecified atom stereocenters. The van der Waals surface area contributed by atoms with Crippen LogP contribution in [0.25, 0.3) is 5.70 Å². The van der Waals surface area contributed by atoms with Crippen LogP contribution >= 0.6 is 0 Å². The number of anilines is 1. The fourth-order valence-electron chi connectivity index (χ4n) is 3.02. The van der Waals surface area contributed by atoms with Crippen LogP contribution in [0.5, 0.6) is 5.75 Å². The second-order valence-electron chi connectivity index (χ2n) is 9.07. The van der Waals surface area contributed by atoms with Crippen molar-refractivity contribution in [1.82, 2.24) is 0 Å². The van der Waals surface area contributed by atoms with Gasteiger partial charge in [0.15, 0.2) is 0 Å². The zero-order chi connectivity index (χ0) is 19.7. The lowest BCUT2D eigenvalue weighted by Gasteiger charge is -2.30. The summed E-state index contributed by atoms with van der Waals surface area (Å²) in [7, 11) is 1.76. The zero-order valence-corrected chi connectivity index (χ0v) is 17.6. The maximum absolute atomic E-state index is 5.85. The molecule has 0 aliphatic heterocycles. The second kappa shape index (κ2) is 7.19. The van der Waals surface area contributed by atoms with E-state index >= 15 is 0 Å². The summed E-state index contributed by atoms with van der Waals surface area (Å²) in [5.41, 5.74) is 6.65. The Bertz CT molecular complexity index is 751. The quantitative estimate of drug-likeness (QED) is 0.663. The van der Waals surface area contributed by atoms with Crippen LogP contribution in [-0.2, 0) is 10.8 Å². The molecule has 0 spiro atoms. The lowest BCUT2D eigenvalue weighted by atomic mass is 9.78. The molecule has 0 saturated carbocycles. The van der Waals surface area contributed by atoms with E-state index in [1.54, 1.807) is 7.11 Å². The number of hydrogen-bond donors (Lipinski definition) is 1. The molecule has 1 N–H and O–H groups in total. The van der Waals surface area contributed by atoms with Gasteiger partial charge in [-0.1, -0.05) is 65.8 Å². The maximum atomic E-state index is 5.85. The van der Waals surface area contributed by atoms with Gasteiger partial charge in [0.05, 0.1) is 7.11 Å². The third kappa shape index (κ3) is 4.49. The fraction of sp³-hybridized carbons (Fsp3) is 0.417. The molecule has 0 aromatic heterocycles. The minimum atomic E-state index is -0.0223. The molecule has 2 rings (SSSR count). The Kier molecular flexibility index (Phi) is 5.55. The standard InChI is InChI=1S/C24H33NO/c1-16-10-12-19(13-11-16)25-17(2)18-14-20(23(3,4)5)22(26-9)21(15-18)24(6,7)8/h10-15,25H,2H2,1,3-9H3. The van der Waals surface area contributed by atoms with Crippen LogP contribution < -0.4 is 10.1 Å². The summed E-state index contributed by atoms with van der Waals surface area (Å²) in [6.45, 7) is 19.7. The van der Waals surface area contributed by atoms with Gasteiger partial charge in [-0.3, -0.25) is 0 Å². The van der Waals surface area contributed by atoms with E-state index in [0.29, 0.717) is 0 Å². The molecule has 0 aliphatic carbocycles. The molecule has 2 heteroatoms. The lowest BCUT2D eigenvalue weighted by Crippen LogP contribution is -2.20. The monoisotopic (exact) mass is 351 g/mol. The summed E-state index contributed by atoms with van der Waals surface area (Å²) < 4.78 is 5.85. The number of methoxy groups -OCH3 is 1. The van der Waals surface area contributed by atoms with E-state index in [0.717, 1.165) is 22.7 Å². The number of nitrogens with one attached hydrogen (secondary N) is 1. The Labute approximate surface area is 159 Å². The molecule has 0 saturated heterocycles. The van der Waals surface area contributed by atoms with E-state index in [1.807, 2.05) is 0 Å². The van der Waals surface area contributed by atoms with Gasteiger partial charge in [0.1, 0.15) is 5.75 Å². The Balaban J connectivity index is 2.54. The summed E-state index contributed by atoms with van der Waals surface area (Å²) in [6, 6.07) is 12.8. The van der Waals surface area contributed by atoms with Gasteiger partial charge < -0.3 is 10.1 Å². The predicted octanol–water partition coefficient (Wildman–Crippen LogP) is 6.68. The highest BCUT2D eigenvalue weighted by molar-refractivity contribution is 5.77. The molecule has 2 aromatic rings. The van der Waals surface area contributed by atoms with Gasteiger partial charge in [-0.2, -0.15) is 0 Å². The van der Waals surface area contributed by atoms with Crippen LogP contribution in [0, 0.1) is 6.92 Å². The number of rotatable bonds is 4. The largest absolute Gasteiger partial charge is 0.496 e. The molecular weight excluding hydrogens is 318 g/mol. The van der Waals surface area contributed by atoms with E-state index in [9.17, 15) is 0 Å². The van der Waals surface area contributed by atoms with Gasteiger partial charge in [-0.25, -0.2) is 0 Å². The van der Waals surface area contributed by atoms with E-state index in [-0.39, 0.29) is 10.8 Å².